The Balaban J connectivity index is 0.000000200. The lowest BCUT2D eigenvalue weighted by atomic mass is 10.1. The SMILES string of the molecule is FC(F)(F)c1cc(Br)cc2cc[nH]c12.O=[N+]([O-])c1ccc(Br)cc1C(F)(F)F. The molecule has 0 bridgehead atoms. The third-order valence-electron chi connectivity index (χ3n) is 3.39. The van der Waals surface area contributed by atoms with Crippen LogP contribution in [0.15, 0.2) is 51.5 Å². The summed E-state index contributed by atoms with van der Waals surface area (Å²) in [5.41, 5.74) is -2.72. The van der Waals surface area contributed by atoms with Gasteiger partial charge >= 0.3 is 12.4 Å². The van der Waals surface area contributed by atoms with E-state index in [1.54, 1.807) is 12.1 Å². The third kappa shape index (κ3) is 5.25. The fourth-order valence-electron chi connectivity index (χ4n) is 2.25. The minimum atomic E-state index is -4.72. The first-order valence-corrected chi connectivity index (χ1v) is 8.74. The molecule has 4 nitrogen and oxygen atoms in total. The molecular formula is C16H8Br2F6N2O2. The zero-order valence-corrected chi connectivity index (χ0v) is 16.5. The molecule has 0 saturated carbocycles. The summed E-state index contributed by atoms with van der Waals surface area (Å²) < 4.78 is 75.0. The molecule has 12 heteroatoms. The van der Waals surface area contributed by atoms with Crippen LogP contribution in [-0.2, 0) is 12.4 Å². The van der Waals surface area contributed by atoms with Crippen molar-refractivity contribution in [3.8, 4) is 0 Å². The minimum absolute atomic E-state index is 0.126. The number of halogens is 8. The molecule has 150 valence electrons. The quantitative estimate of drug-likeness (QED) is 0.202. The van der Waals surface area contributed by atoms with E-state index < -0.39 is 34.1 Å². The Morgan fingerprint density at radius 2 is 1.43 bits per heavy atom. The van der Waals surface area contributed by atoms with Crippen LogP contribution in [0.3, 0.4) is 0 Å². The Morgan fingerprint density at radius 1 is 0.857 bits per heavy atom. The molecule has 0 amide bonds. The number of rotatable bonds is 1. The average molecular weight is 534 g/mol. The zero-order valence-electron chi connectivity index (χ0n) is 13.3. The molecule has 0 atom stereocenters. The van der Waals surface area contributed by atoms with E-state index in [1.807, 2.05) is 0 Å². The van der Waals surface area contributed by atoms with Gasteiger partial charge in [-0.05, 0) is 30.3 Å². The van der Waals surface area contributed by atoms with Crippen LogP contribution in [-0.4, -0.2) is 9.91 Å². The molecule has 0 radical (unpaired) electrons. The summed E-state index contributed by atoms with van der Waals surface area (Å²) in [5, 5.41) is 10.8. The van der Waals surface area contributed by atoms with Gasteiger partial charge in [0.2, 0.25) is 0 Å². The van der Waals surface area contributed by atoms with Crippen molar-refractivity contribution < 1.29 is 31.3 Å². The predicted octanol–water partition coefficient (Wildman–Crippen LogP) is 7.33. The van der Waals surface area contributed by atoms with E-state index in [4.69, 9.17) is 0 Å². The van der Waals surface area contributed by atoms with Crippen LogP contribution in [0.2, 0.25) is 0 Å². The maximum atomic E-state index is 12.5. The maximum absolute atomic E-state index is 12.5. The first-order chi connectivity index (χ1) is 12.8. The van der Waals surface area contributed by atoms with Gasteiger partial charge in [-0.25, -0.2) is 0 Å². The summed E-state index contributed by atoms with van der Waals surface area (Å²) in [6.07, 6.45) is -7.55. The van der Waals surface area contributed by atoms with Gasteiger partial charge in [0.15, 0.2) is 0 Å². The van der Waals surface area contributed by atoms with E-state index in [1.165, 1.54) is 12.3 Å². The lowest BCUT2D eigenvalue weighted by Crippen LogP contribution is -2.08. The summed E-state index contributed by atoms with van der Waals surface area (Å²) in [6.45, 7) is 0. The summed E-state index contributed by atoms with van der Waals surface area (Å²) in [6, 6.07) is 6.99. The molecule has 28 heavy (non-hydrogen) atoms. The van der Waals surface area contributed by atoms with Gasteiger partial charge in [-0.3, -0.25) is 10.1 Å². The molecule has 0 fully saturated rings. The van der Waals surface area contributed by atoms with E-state index in [2.05, 4.69) is 36.8 Å². The van der Waals surface area contributed by atoms with Crippen molar-refractivity contribution in [3.05, 3.63) is 72.8 Å². The van der Waals surface area contributed by atoms with Crippen LogP contribution in [0.25, 0.3) is 10.9 Å². The van der Waals surface area contributed by atoms with Gasteiger partial charge in [-0.1, -0.05) is 31.9 Å². The van der Waals surface area contributed by atoms with E-state index in [0.29, 0.717) is 15.9 Å². The second-order valence-electron chi connectivity index (χ2n) is 5.31. The smallest absolute Gasteiger partial charge is 0.361 e. The minimum Gasteiger partial charge on any atom is -0.361 e. The molecular weight excluding hydrogens is 526 g/mol. The van der Waals surface area contributed by atoms with E-state index in [9.17, 15) is 36.5 Å². The molecule has 0 aliphatic carbocycles. The van der Waals surface area contributed by atoms with Gasteiger partial charge < -0.3 is 4.98 Å². The van der Waals surface area contributed by atoms with Crippen molar-refractivity contribution in [2.45, 2.75) is 12.4 Å². The second kappa shape index (κ2) is 8.11. The highest BCUT2D eigenvalue weighted by atomic mass is 79.9. The number of alkyl halides is 6. The second-order valence-corrected chi connectivity index (χ2v) is 7.14. The summed E-state index contributed by atoms with van der Waals surface area (Å²) >= 11 is 5.86. The number of nitrogens with zero attached hydrogens (tertiary/aromatic N) is 1. The van der Waals surface area contributed by atoms with E-state index in [-0.39, 0.29) is 9.99 Å². The highest BCUT2D eigenvalue weighted by molar-refractivity contribution is 9.10. The molecule has 0 saturated heterocycles. The molecule has 0 spiro atoms. The van der Waals surface area contributed by atoms with Crippen molar-refractivity contribution in [1.82, 2.24) is 4.98 Å². The van der Waals surface area contributed by atoms with Crippen LogP contribution in [0.1, 0.15) is 11.1 Å². The van der Waals surface area contributed by atoms with E-state index in [0.717, 1.165) is 12.1 Å². The molecule has 0 unspecified atom stereocenters. The lowest BCUT2D eigenvalue weighted by molar-refractivity contribution is -0.388. The zero-order chi connectivity index (χ0) is 21.3. The van der Waals surface area contributed by atoms with Crippen LogP contribution in [0.5, 0.6) is 0 Å². The molecule has 1 N–H and O–H groups in total. The van der Waals surface area contributed by atoms with Gasteiger partial charge in [-0.15, -0.1) is 0 Å². The number of nitro benzene ring substituents is 1. The normalized spacial score (nSPS) is 11.9. The van der Waals surface area contributed by atoms with Gasteiger partial charge in [0.1, 0.15) is 5.56 Å². The summed E-state index contributed by atoms with van der Waals surface area (Å²) in [5.74, 6) is 0. The molecule has 3 aromatic rings. The Hall–Kier alpha value is -2.08. The maximum Gasteiger partial charge on any atom is 0.423 e. The molecule has 2 aromatic carbocycles. The van der Waals surface area contributed by atoms with Crippen LogP contribution < -0.4 is 0 Å². The van der Waals surface area contributed by atoms with Crippen molar-refractivity contribution in [2.75, 3.05) is 0 Å². The number of nitrogens with one attached hydrogen (secondary N) is 1. The Bertz CT molecular complexity index is 1010. The van der Waals surface area contributed by atoms with Crippen LogP contribution in [0, 0.1) is 10.1 Å². The molecule has 0 aliphatic heterocycles. The summed E-state index contributed by atoms with van der Waals surface area (Å²) in [4.78, 5) is 11.8. The Morgan fingerprint density at radius 3 is 1.96 bits per heavy atom. The Labute approximate surface area is 169 Å². The number of hydrogen-bond acceptors (Lipinski definition) is 2. The monoisotopic (exact) mass is 532 g/mol. The number of fused-ring (bicyclic) bond motifs is 1. The van der Waals surface area contributed by atoms with Crippen molar-refractivity contribution >= 4 is 48.5 Å². The average Bonchev–Trinajstić information content (AvgIpc) is 3.00. The summed E-state index contributed by atoms with van der Waals surface area (Å²) in [7, 11) is 0. The van der Waals surface area contributed by atoms with Crippen molar-refractivity contribution in [1.29, 1.82) is 0 Å². The topological polar surface area (TPSA) is 58.9 Å². The number of benzene rings is 2. The van der Waals surface area contributed by atoms with Crippen molar-refractivity contribution in [3.63, 3.8) is 0 Å². The lowest BCUT2D eigenvalue weighted by Gasteiger charge is -2.08. The fraction of sp³-hybridized carbons (Fsp3) is 0.125. The van der Waals surface area contributed by atoms with Gasteiger partial charge in [0, 0.05) is 26.6 Å². The molecule has 0 aliphatic rings. The molecule has 1 heterocycles. The largest absolute Gasteiger partial charge is 0.423 e. The van der Waals surface area contributed by atoms with E-state index >= 15 is 0 Å². The fourth-order valence-corrected chi connectivity index (χ4v) is 3.09. The number of aromatic nitrogens is 1. The molecule has 3 rings (SSSR count). The van der Waals surface area contributed by atoms with Gasteiger partial charge in [0.05, 0.1) is 16.0 Å². The van der Waals surface area contributed by atoms with Crippen LogP contribution >= 0.6 is 31.9 Å². The number of aromatic amines is 1. The third-order valence-corrected chi connectivity index (χ3v) is 4.34. The molecule has 1 aromatic heterocycles. The van der Waals surface area contributed by atoms with Gasteiger partial charge in [-0.2, -0.15) is 26.3 Å². The number of hydrogen-bond donors (Lipinski definition) is 1. The van der Waals surface area contributed by atoms with Crippen LogP contribution in [0.4, 0.5) is 32.0 Å². The first kappa shape index (κ1) is 22.2. The predicted molar refractivity (Wildman–Crippen MR) is 96.8 cm³/mol. The highest BCUT2D eigenvalue weighted by Gasteiger charge is 2.38. The number of H-pyrrole nitrogens is 1. The van der Waals surface area contributed by atoms with Crippen molar-refractivity contribution in [2.24, 2.45) is 0 Å². The first-order valence-electron chi connectivity index (χ1n) is 7.15. The van der Waals surface area contributed by atoms with Gasteiger partial charge in [0.25, 0.3) is 5.69 Å². The highest BCUT2D eigenvalue weighted by Crippen LogP contribution is 2.38. The Kier molecular flexibility index (Phi) is 6.44. The number of nitro groups is 1. The standard InChI is InChI=1S/C9H5BrF3N.C7H3BrF3NO2/c10-6-3-5-1-2-14-8(5)7(4-6)9(11,12)13;8-4-1-2-6(12(13)14)5(3-4)7(9,10)11/h1-4,14H;1-3H.